The molecule has 7 heteroatoms. The van der Waals surface area contributed by atoms with Gasteiger partial charge in [-0.1, -0.05) is 72.3 Å². The Hall–Kier alpha value is -3.42. The van der Waals surface area contributed by atoms with Crippen LogP contribution in [0.1, 0.15) is 26.8 Å². The maximum absolute atomic E-state index is 12.4. The van der Waals surface area contributed by atoms with Gasteiger partial charge in [-0.2, -0.15) is 5.10 Å². The second-order valence-electron chi connectivity index (χ2n) is 8.70. The molecule has 0 aliphatic carbocycles. The zero-order valence-corrected chi connectivity index (χ0v) is 22.2. The molecular formula is C30H28N2O3S2. The van der Waals surface area contributed by atoms with E-state index >= 15 is 0 Å². The average molecular weight is 529 g/mol. The number of ether oxygens (including phenoxy) is 2. The molecule has 0 unspecified atom stereocenters. The molecule has 1 aliphatic heterocycles. The number of nitrogens with zero attached hydrogens (tertiary/aromatic N) is 1. The molecule has 1 heterocycles. The van der Waals surface area contributed by atoms with Gasteiger partial charge in [-0.25, -0.2) is 5.43 Å². The topological polar surface area (TPSA) is 59.9 Å². The van der Waals surface area contributed by atoms with Crippen LogP contribution in [0.15, 0.2) is 90.0 Å². The Bertz CT molecular complexity index is 1380. The van der Waals surface area contributed by atoms with E-state index in [4.69, 9.17) is 9.47 Å². The van der Waals surface area contributed by atoms with Crippen molar-refractivity contribution in [1.29, 1.82) is 0 Å². The number of hydrogen-bond acceptors (Lipinski definition) is 6. The molecule has 1 fully saturated rings. The zero-order valence-electron chi connectivity index (χ0n) is 20.6. The predicted molar refractivity (Wildman–Crippen MR) is 155 cm³/mol. The lowest BCUT2D eigenvalue weighted by molar-refractivity contribution is -0.123. The third-order valence-corrected chi connectivity index (χ3v) is 9.08. The number of hydrazone groups is 1. The molecule has 0 radical (unpaired) electrons. The first kappa shape index (κ1) is 25.2. The summed E-state index contributed by atoms with van der Waals surface area (Å²) in [5.41, 5.74) is 6.96. The van der Waals surface area contributed by atoms with Crippen LogP contribution >= 0.6 is 23.5 Å². The van der Waals surface area contributed by atoms with E-state index in [1.807, 2.05) is 72.1 Å². The summed E-state index contributed by atoms with van der Waals surface area (Å²) in [6.07, 6.45) is 1.64. The van der Waals surface area contributed by atoms with Crippen LogP contribution in [0.3, 0.4) is 0 Å². The summed E-state index contributed by atoms with van der Waals surface area (Å²) in [5, 5.41) is 6.27. The maximum atomic E-state index is 12.4. The molecule has 1 saturated heterocycles. The summed E-state index contributed by atoms with van der Waals surface area (Å²) in [5.74, 6) is 3.41. The van der Waals surface area contributed by atoms with Crippen molar-refractivity contribution in [2.75, 3.05) is 18.1 Å². The van der Waals surface area contributed by atoms with Crippen molar-refractivity contribution in [2.24, 2.45) is 5.10 Å². The van der Waals surface area contributed by atoms with Crippen LogP contribution in [0.2, 0.25) is 0 Å². The summed E-state index contributed by atoms with van der Waals surface area (Å²) in [6.45, 7) is 2.39. The Labute approximate surface area is 225 Å². The quantitative estimate of drug-likeness (QED) is 0.193. The number of amides is 1. The fourth-order valence-electron chi connectivity index (χ4n) is 4.00. The molecule has 4 aromatic rings. The lowest BCUT2D eigenvalue weighted by Gasteiger charge is -2.12. The molecule has 0 saturated carbocycles. The summed E-state index contributed by atoms with van der Waals surface area (Å²) < 4.78 is 12.3. The highest BCUT2D eigenvalue weighted by molar-refractivity contribution is 8.19. The van der Waals surface area contributed by atoms with Gasteiger partial charge < -0.3 is 9.47 Å². The zero-order chi connectivity index (χ0) is 25.5. The molecule has 0 atom stereocenters. The van der Waals surface area contributed by atoms with Gasteiger partial charge in [-0.3, -0.25) is 4.79 Å². The highest BCUT2D eigenvalue weighted by Crippen LogP contribution is 2.45. The molecule has 0 bridgehead atoms. The molecule has 1 aliphatic rings. The number of rotatable bonds is 9. The van der Waals surface area contributed by atoms with E-state index in [0.717, 1.165) is 21.9 Å². The lowest BCUT2D eigenvalue weighted by atomic mass is 10.0. The summed E-state index contributed by atoms with van der Waals surface area (Å²) in [6, 6.07) is 28.2. The van der Waals surface area contributed by atoms with Gasteiger partial charge in [-0.05, 0) is 47.0 Å². The molecule has 4 aromatic carbocycles. The highest BCUT2D eigenvalue weighted by atomic mass is 32.2. The van der Waals surface area contributed by atoms with Crippen molar-refractivity contribution in [3.8, 4) is 11.5 Å². The van der Waals surface area contributed by atoms with Gasteiger partial charge in [-0.15, -0.1) is 23.5 Å². The van der Waals surface area contributed by atoms with Crippen molar-refractivity contribution < 1.29 is 14.3 Å². The largest absolute Gasteiger partial charge is 0.488 e. The van der Waals surface area contributed by atoms with E-state index in [2.05, 4.69) is 53.8 Å². The van der Waals surface area contributed by atoms with Gasteiger partial charge in [0.15, 0.2) is 6.61 Å². The first-order chi connectivity index (χ1) is 18.2. The Balaban J connectivity index is 1.21. The first-order valence-corrected chi connectivity index (χ1v) is 14.2. The molecule has 5 nitrogen and oxygen atoms in total. The van der Waals surface area contributed by atoms with Gasteiger partial charge in [0.1, 0.15) is 18.1 Å². The second-order valence-corrected chi connectivity index (χ2v) is 11.4. The van der Waals surface area contributed by atoms with E-state index in [1.165, 1.54) is 22.6 Å². The van der Waals surface area contributed by atoms with Crippen LogP contribution in [0.5, 0.6) is 11.5 Å². The van der Waals surface area contributed by atoms with Crippen LogP contribution in [-0.2, 0) is 11.4 Å². The third-order valence-electron chi connectivity index (χ3n) is 5.97. The molecule has 188 valence electrons. The van der Waals surface area contributed by atoms with Gasteiger partial charge in [0.25, 0.3) is 5.91 Å². The number of thioether (sulfide) groups is 2. The third kappa shape index (κ3) is 6.67. The standard InChI is InChI=1S/C30H28N2O3S2/c1-21-6-8-22(9-7-21)19-35-28-15-12-23-4-2-3-5-26(23)27(28)18-31-32-29(33)20-34-25-13-10-24(11-14-25)30-36-16-17-37-30/h2-15,18,30H,16-17,19-20H2,1H3,(H,32,33)/b31-18-. The molecule has 37 heavy (non-hydrogen) atoms. The van der Waals surface area contributed by atoms with Crippen molar-refractivity contribution in [2.45, 2.75) is 18.1 Å². The van der Waals surface area contributed by atoms with Crippen molar-refractivity contribution >= 4 is 46.4 Å². The Kier molecular flexibility index (Phi) is 8.33. The van der Waals surface area contributed by atoms with Crippen LogP contribution in [0, 0.1) is 6.92 Å². The van der Waals surface area contributed by atoms with Gasteiger partial charge in [0, 0.05) is 17.1 Å². The number of carbonyl (C=O) groups excluding carboxylic acids is 1. The fourth-order valence-corrected chi connectivity index (χ4v) is 6.86. The summed E-state index contributed by atoms with van der Waals surface area (Å²) in [7, 11) is 0. The van der Waals surface area contributed by atoms with Gasteiger partial charge in [0.2, 0.25) is 0 Å². The van der Waals surface area contributed by atoms with Gasteiger partial charge in [0.05, 0.1) is 10.8 Å². The van der Waals surface area contributed by atoms with Crippen LogP contribution in [-0.4, -0.2) is 30.2 Å². The summed E-state index contributed by atoms with van der Waals surface area (Å²) >= 11 is 3.93. The van der Waals surface area contributed by atoms with Crippen molar-refractivity contribution in [3.05, 3.63) is 107 Å². The number of hydrogen-bond donors (Lipinski definition) is 1. The van der Waals surface area contributed by atoms with E-state index in [-0.39, 0.29) is 12.5 Å². The smallest absolute Gasteiger partial charge is 0.277 e. The number of fused-ring (bicyclic) bond motifs is 1. The molecular weight excluding hydrogens is 500 g/mol. The number of carbonyl (C=O) groups is 1. The summed E-state index contributed by atoms with van der Waals surface area (Å²) in [4.78, 5) is 12.4. The van der Waals surface area contributed by atoms with Crippen molar-refractivity contribution in [3.63, 3.8) is 0 Å². The molecule has 1 N–H and O–H groups in total. The minimum Gasteiger partial charge on any atom is -0.488 e. The Morgan fingerprint density at radius 1 is 0.946 bits per heavy atom. The van der Waals surface area contributed by atoms with E-state index in [1.54, 1.807) is 6.21 Å². The minimum atomic E-state index is -0.329. The molecule has 5 rings (SSSR count). The van der Waals surface area contributed by atoms with E-state index in [9.17, 15) is 4.79 Å². The maximum Gasteiger partial charge on any atom is 0.277 e. The Morgan fingerprint density at radius 3 is 2.49 bits per heavy atom. The minimum absolute atomic E-state index is 0.115. The fraction of sp³-hybridized carbons (Fsp3) is 0.200. The van der Waals surface area contributed by atoms with E-state index in [0.29, 0.717) is 22.7 Å². The number of aryl methyl sites for hydroxylation is 1. The Morgan fingerprint density at radius 2 is 1.70 bits per heavy atom. The van der Waals surface area contributed by atoms with Crippen LogP contribution < -0.4 is 14.9 Å². The normalized spacial score (nSPS) is 13.8. The lowest BCUT2D eigenvalue weighted by Crippen LogP contribution is -2.24. The molecule has 0 aromatic heterocycles. The van der Waals surface area contributed by atoms with Crippen LogP contribution in [0.4, 0.5) is 0 Å². The monoisotopic (exact) mass is 528 g/mol. The first-order valence-electron chi connectivity index (χ1n) is 12.1. The number of nitrogens with one attached hydrogen (secondary N) is 1. The van der Waals surface area contributed by atoms with Crippen LogP contribution in [0.25, 0.3) is 10.8 Å². The average Bonchev–Trinajstić information content (AvgIpc) is 3.48. The van der Waals surface area contributed by atoms with Crippen molar-refractivity contribution in [1.82, 2.24) is 5.43 Å². The molecule has 1 amide bonds. The predicted octanol–water partition coefficient (Wildman–Crippen LogP) is 6.73. The highest BCUT2D eigenvalue weighted by Gasteiger charge is 2.18. The van der Waals surface area contributed by atoms with Gasteiger partial charge >= 0.3 is 0 Å². The second kappa shape index (κ2) is 12.2. The molecule has 0 spiro atoms. The SMILES string of the molecule is Cc1ccc(COc2ccc3ccccc3c2/C=N\NC(=O)COc2ccc(C3SCCS3)cc2)cc1. The number of benzene rings is 4. The van der Waals surface area contributed by atoms with E-state index < -0.39 is 0 Å².